The average Bonchev–Trinajstić information content (AvgIpc) is 3.39. The van der Waals surface area contributed by atoms with Crippen molar-refractivity contribution in [3.05, 3.63) is 60.1 Å². The van der Waals surface area contributed by atoms with Crippen LogP contribution in [0.5, 0.6) is 11.5 Å². The molecule has 1 aromatic heterocycles. The van der Waals surface area contributed by atoms with Crippen molar-refractivity contribution in [3.8, 4) is 11.5 Å². The first-order valence-corrected chi connectivity index (χ1v) is 9.97. The van der Waals surface area contributed by atoms with Gasteiger partial charge in [-0.15, -0.1) is 0 Å². The zero-order valence-electron chi connectivity index (χ0n) is 16.3. The number of ether oxygens (including phenoxy) is 2. The minimum atomic E-state index is 0.186. The van der Waals surface area contributed by atoms with Crippen molar-refractivity contribution in [2.45, 2.75) is 51.2 Å². The predicted molar refractivity (Wildman–Crippen MR) is 109 cm³/mol. The van der Waals surface area contributed by atoms with Gasteiger partial charge in [0.15, 0.2) is 17.3 Å². The molecule has 2 aliphatic carbocycles. The predicted octanol–water partition coefficient (Wildman–Crippen LogP) is 4.67. The Kier molecular flexibility index (Phi) is 5.60. The molecule has 0 aliphatic heterocycles. The van der Waals surface area contributed by atoms with Crippen LogP contribution >= 0.6 is 0 Å². The highest BCUT2D eigenvalue weighted by Crippen LogP contribution is 2.37. The van der Waals surface area contributed by atoms with Gasteiger partial charge in [-0.2, -0.15) is 0 Å². The second-order valence-corrected chi connectivity index (χ2v) is 7.40. The number of anilines is 1. The van der Waals surface area contributed by atoms with Gasteiger partial charge in [-0.05, 0) is 61.9 Å². The summed E-state index contributed by atoms with van der Waals surface area (Å²) >= 11 is 0. The van der Waals surface area contributed by atoms with Crippen molar-refractivity contribution in [1.29, 1.82) is 0 Å². The lowest BCUT2D eigenvalue weighted by Crippen LogP contribution is -2.21. The topological polar surface area (TPSA) is 51.7 Å². The SMILES string of the molecule is COc1ccc(N(Cc2ccncc2)C2=CC(=O)CC2)cc1OC1CCCC1. The van der Waals surface area contributed by atoms with E-state index in [9.17, 15) is 4.79 Å². The van der Waals surface area contributed by atoms with Gasteiger partial charge in [0.25, 0.3) is 0 Å². The van der Waals surface area contributed by atoms with Crippen LogP contribution in [-0.2, 0) is 11.3 Å². The van der Waals surface area contributed by atoms with Gasteiger partial charge in [0.2, 0.25) is 0 Å². The van der Waals surface area contributed by atoms with Gasteiger partial charge >= 0.3 is 0 Å². The van der Waals surface area contributed by atoms with Crippen LogP contribution < -0.4 is 14.4 Å². The summed E-state index contributed by atoms with van der Waals surface area (Å²) in [6.45, 7) is 0.677. The number of carbonyl (C=O) groups is 1. The summed E-state index contributed by atoms with van der Waals surface area (Å²) in [5, 5.41) is 0. The van der Waals surface area contributed by atoms with Crippen molar-refractivity contribution in [1.82, 2.24) is 4.98 Å². The number of hydrogen-bond acceptors (Lipinski definition) is 5. The molecule has 0 unspecified atom stereocenters. The first-order chi connectivity index (χ1) is 13.7. The number of allylic oxidation sites excluding steroid dienone is 2. The number of ketones is 1. The first kappa shape index (κ1) is 18.5. The first-order valence-electron chi connectivity index (χ1n) is 9.97. The van der Waals surface area contributed by atoms with Gasteiger partial charge in [-0.1, -0.05) is 0 Å². The molecule has 1 heterocycles. The lowest BCUT2D eigenvalue weighted by atomic mass is 10.1. The number of aromatic nitrogens is 1. The van der Waals surface area contributed by atoms with E-state index in [-0.39, 0.29) is 11.9 Å². The van der Waals surface area contributed by atoms with Crippen LogP contribution in [0.1, 0.15) is 44.1 Å². The van der Waals surface area contributed by atoms with E-state index in [4.69, 9.17) is 9.47 Å². The Balaban J connectivity index is 1.66. The van der Waals surface area contributed by atoms with Crippen molar-refractivity contribution >= 4 is 11.5 Å². The van der Waals surface area contributed by atoms with E-state index in [1.54, 1.807) is 25.6 Å². The highest BCUT2D eigenvalue weighted by molar-refractivity contribution is 5.93. The highest BCUT2D eigenvalue weighted by Gasteiger charge is 2.23. The molecule has 0 saturated heterocycles. The number of methoxy groups -OCH3 is 1. The molecular formula is C23H26N2O3. The maximum atomic E-state index is 11.9. The molecule has 2 aromatic rings. The molecular weight excluding hydrogens is 352 g/mol. The molecule has 1 aromatic carbocycles. The maximum Gasteiger partial charge on any atom is 0.163 e. The Morgan fingerprint density at radius 1 is 1.07 bits per heavy atom. The van der Waals surface area contributed by atoms with E-state index in [0.29, 0.717) is 13.0 Å². The zero-order valence-corrected chi connectivity index (χ0v) is 16.3. The summed E-state index contributed by atoms with van der Waals surface area (Å²) in [5.41, 5.74) is 3.19. The van der Waals surface area contributed by atoms with E-state index in [0.717, 1.165) is 47.7 Å². The Hall–Kier alpha value is -2.82. The number of rotatable bonds is 7. The molecule has 0 atom stereocenters. The zero-order chi connectivity index (χ0) is 19.3. The van der Waals surface area contributed by atoms with Crippen molar-refractivity contribution < 1.29 is 14.3 Å². The number of hydrogen-bond donors (Lipinski definition) is 0. The van der Waals surface area contributed by atoms with Crippen molar-refractivity contribution in [3.63, 3.8) is 0 Å². The van der Waals surface area contributed by atoms with Gasteiger partial charge in [-0.25, -0.2) is 0 Å². The third kappa shape index (κ3) is 4.19. The molecule has 0 radical (unpaired) electrons. The molecule has 146 valence electrons. The quantitative estimate of drug-likeness (QED) is 0.701. The van der Waals surface area contributed by atoms with Crippen LogP contribution in [0.3, 0.4) is 0 Å². The van der Waals surface area contributed by atoms with E-state index in [1.807, 2.05) is 30.3 Å². The molecule has 0 spiro atoms. The third-order valence-electron chi connectivity index (χ3n) is 5.45. The molecule has 0 N–H and O–H groups in total. The molecule has 28 heavy (non-hydrogen) atoms. The smallest absolute Gasteiger partial charge is 0.163 e. The molecule has 0 amide bonds. The average molecular weight is 378 g/mol. The number of pyridine rings is 1. The number of benzene rings is 1. The fourth-order valence-electron chi connectivity index (χ4n) is 3.93. The van der Waals surface area contributed by atoms with E-state index >= 15 is 0 Å². The van der Waals surface area contributed by atoms with Gasteiger partial charge in [-0.3, -0.25) is 9.78 Å². The highest BCUT2D eigenvalue weighted by atomic mass is 16.5. The lowest BCUT2D eigenvalue weighted by Gasteiger charge is -2.27. The Bertz CT molecular complexity index is 857. The number of nitrogens with zero attached hydrogens (tertiary/aromatic N) is 2. The van der Waals surface area contributed by atoms with Crippen LogP contribution in [0, 0.1) is 0 Å². The summed E-state index contributed by atoms with van der Waals surface area (Å²) in [6.07, 6.45) is 11.6. The Morgan fingerprint density at radius 3 is 2.54 bits per heavy atom. The molecule has 0 bridgehead atoms. The van der Waals surface area contributed by atoms with Crippen LogP contribution in [0.2, 0.25) is 0 Å². The van der Waals surface area contributed by atoms with Gasteiger partial charge in [0.1, 0.15) is 0 Å². The Labute approximate surface area is 166 Å². The third-order valence-corrected chi connectivity index (χ3v) is 5.45. The molecule has 1 fully saturated rings. The van der Waals surface area contributed by atoms with Crippen molar-refractivity contribution in [2.24, 2.45) is 0 Å². The standard InChI is InChI=1S/C23H26N2O3/c1-27-22-9-7-19(15-23(22)28-21-4-2-3-5-21)25(18-6-8-20(26)14-18)16-17-10-12-24-13-11-17/h7,9-15,21H,2-6,8,16H2,1H3. The second kappa shape index (κ2) is 8.46. The van der Waals surface area contributed by atoms with E-state index in [1.165, 1.54) is 12.8 Å². The van der Waals surface area contributed by atoms with E-state index in [2.05, 4.69) is 9.88 Å². The molecule has 2 aliphatic rings. The summed E-state index contributed by atoms with van der Waals surface area (Å²) in [4.78, 5) is 18.2. The van der Waals surface area contributed by atoms with Gasteiger partial charge in [0.05, 0.1) is 13.2 Å². The van der Waals surface area contributed by atoms with E-state index < -0.39 is 0 Å². The molecule has 4 rings (SSSR count). The Morgan fingerprint density at radius 2 is 1.86 bits per heavy atom. The fraction of sp³-hybridized carbons (Fsp3) is 0.391. The monoisotopic (exact) mass is 378 g/mol. The summed E-state index contributed by atoms with van der Waals surface area (Å²) in [7, 11) is 1.67. The van der Waals surface area contributed by atoms with Crippen LogP contribution in [-0.4, -0.2) is 24.0 Å². The fourth-order valence-corrected chi connectivity index (χ4v) is 3.93. The summed E-state index contributed by atoms with van der Waals surface area (Å²) in [5.74, 6) is 1.71. The van der Waals surface area contributed by atoms with Gasteiger partial charge in [0, 0.05) is 48.9 Å². The molecule has 5 heteroatoms. The summed E-state index contributed by atoms with van der Waals surface area (Å²) < 4.78 is 11.8. The minimum Gasteiger partial charge on any atom is -0.493 e. The lowest BCUT2D eigenvalue weighted by molar-refractivity contribution is -0.114. The normalized spacial score (nSPS) is 16.9. The van der Waals surface area contributed by atoms with Crippen LogP contribution in [0.4, 0.5) is 5.69 Å². The van der Waals surface area contributed by atoms with Crippen LogP contribution in [0.25, 0.3) is 0 Å². The molecule has 1 saturated carbocycles. The summed E-state index contributed by atoms with van der Waals surface area (Å²) in [6, 6.07) is 10.0. The van der Waals surface area contributed by atoms with Gasteiger partial charge < -0.3 is 14.4 Å². The second-order valence-electron chi connectivity index (χ2n) is 7.40. The molecule has 5 nitrogen and oxygen atoms in total. The largest absolute Gasteiger partial charge is 0.493 e. The van der Waals surface area contributed by atoms with Crippen LogP contribution in [0.15, 0.2) is 54.5 Å². The maximum absolute atomic E-state index is 11.9. The minimum absolute atomic E-state index is 0.186. The number of carbonyl (C=O) groups excluding carboxylic acids is 1. The van der Waals surface area contributed by atoms with Crippen molar-refractivity contribution in [2.75, 3.05) is 12.0 Å².